The van der Waals surface area contributed by atoms with E-state index < -0.39 is 36.6 Å². The molecule has 7 heteroatoms. The summed E-state index contributed by atoms with van der Waals surface area (Å²) in [6.07, 6.45) is 5.73. The molecule has 1 aliphatic rings. The van der Waals surface area contributed by atoms with E-state index in [0.29, 0.717) is 25.0 Å². The van der Waals surface area contributed by atoms with E-state index in [4.69, 9.17) is 9.84 Å². The van der Waals surface area contributed by atoms with Crippen molar-refractivity contribution in [1.82, 2.24) is 0 Å². The summed E-state index contributed by atoms with van der Waals surface area (Å²) in [7, 11) is 0. The van der Waals surface area contributed by atoms with Crippen LogP contribution in [-0.2, 0) is 4.79 Å². The molecule has 1 aliphatic carbocycles. The minimum atomic E-state index is -3.21. The van der Waals surface area contributed by atoms with E-state index in [2.05, 4.69) is 0 Å². The first-order valence-corrected chi connectivity index (χ1v) is 9.76. The Hall–Kier alpha value is -2.25. The number of halogens is 2. The summed E-state index contributed by atoms with van der Waals surface area (Å²) in [6.45, 7) is -0.812. The predicted octanol–water partition coefficient (Wildman–Crippen LogP) is 3.82. The highest BCUT2D eigenvalue weighted by Crippen LogP contribution is 2.37. The zero-order chi connectivity index (χ0) is 21.3. The molecule has 0 saturated heterocycles. The second-order valence-electron chi connectivity index (χ2n) is 7.33. The lowest BCUT2D eigenvalue weighted by atomic mass is 9.89. The van der Waals surface area contributed by atoms with Gasteiger partial charge in [0.05, 0.1) is 12.2 Å². The second kappa shape index (κ2) is 11.1. The lowest BCUT2D eigenvalue weighted by molar-refractivity contribution is -0.137. The van der Waals surface area contributed by atoms with Crippen LogP contribution >= 0.6 is 0 Å². The van der Waals surface area contributed by atoms with Crippen LogP contribution in [0, 0.1) is 11.8 Å². The minimum Gasteiger partial charge on any atom is -0.487 e. The zero-order valence-corrected chi connectivity index (χ0v) is 16.2. The van der Waals surface area contributed by atoms with Crippen LogP contribution in [-0.4, -0.2) is 46.0 Å². The van der Waals surface area contributed by atoms with Crippen LogP contribution in [0.1, 0.15) is 32.1 Å². The third-order valence-electron chi connectivity index (χ3n) is 4.99. The minimum absolute atomic E-state index is 0.0839. The fraction of sp³-hybridized carbons (Fsp3) is 0.500. The smallest absolute Gasteiger partial charge is 0.303 e. The highest BCUT2D eigenvalue weighted by atomic mass is 19.3. The van der Waals surface area contributed by atoms with Crippen molar-refractivity contribution in [1.29, 1.82) is 0 Å². The summed E-state index contributed by atoms with van der Waals surface area (Å²) in [6, 6.07) is 8.34. The van der Waals surface area contributed by atoms with Gasteiger partial charge in [0.25, 0.3) is 5.92 Å². The standard InChI is InChI=1S/C22H28F2O5/c23-22(24,15-29-16-8-4-3-5-9-16)13-12-18-17(19(25)14-20(18)26)10-6-1-2-7-11-21(27)28/h1,3-6,8-9,12-13,17-20,25-26H,2,7,10-11,14-15H2,(H,27,28)/b6-1-,13-12+/t17-,18?,19+,20?/m1/s1. The van der Waals surface area contributed by atoms with Gasteiger partial charge in [-0.3, -0.25) is 4.79 Å². The molecule has 2 rings (SSSR count). The predicted molar refractivity (Wildman–Crippen MR) is 105 cm³/mol. The number of ether oxygens (including phenoxy) is 1. The van der Waals surface area contributed by atoms with Crippen molar-refractivity contribution in [3.63, 3.8) is 0 Å². The van der Waals surface area contributed by atoms with Gasteiger partial charge in [-0.15, -0.1) is 0 Å². The van der Waals surface area contributed by atoms with Crippen LogP contribution in [0.2, 0.25) is 0 Å². The monoisotopic (exact) mass is 410 g/mol. The molecule has 1 aromatic rings. The molecule has 0 aliphatic heterocycles. The first-order chi connectivity index (χ1) is 13.8. The van der Waals surface area contributed by atoms with Crippen LogP contribution in [0.4, 0.5) is 8.78 Å². The molecule has 4 atom stereocenters. The number of carboxylic acid groups (broad SMARTS) is 1. The molecule has 160 valence electrons. The van der Waals surface area contributed by atoms with Gasteiger partial charge in [-0.05, 0) is 43.4 Å². The number of unbranched alkanes of at least 4 members (excludes halogenated alkanes) is 1. The number of aliphatic carboxylic acids is 1. The Labute approximate surface area is 169 Å². The average molecular weight is 410 g/mol. The molecule has 2 unspecified atom stereocenters. The maximum absolute atomic E-state index is 14.2. The van der Waals surface area contributed by atoms with Crippen molar-refractivity contribution >= 4 is 5.97 Å². The largest absolute Gasteiger partial charge is 0.487 e. The Kier molecular flexibility index (Phi) is 8.79. The van der Waals surface area contributed by atoms with E-state index in [1.165, 1.54) is 6.08 Å². The molecular weight excluding hydrogens is 382 g/mol. The van der Waals surface area contributed by atoms with Crippen molar-refractivity contribution in [3.05, 3.63) is 54.6 Å². The topological polar surface area (TPSA) is 87.0 Å². The first-order valence-electron chi connectivity index (χ1n) is 9.76. The number of carbonyl (C=O) groups is 1. The molecule has 0 bridgehead atoms. The van der Waals surface area contributed by atoms with E-state index >= 15 is 0 Å². The SMILES string of the molecule is O=C(O)CCC/C=C\C[C@@H]1C(/C=C/C(F)(F)COc2ccccc2)C(O)C[C@@H]1O. The van der Waals surface area contributed by atoms with Crippen LogP contribution in [0.25, 0.3) is 0 Å². The number of carboxylic acids is 1. The van der Waals surface area contributed by atoms with E-state index in [-0.39, 0.29) is 18.8 Å². The Morgan fingerprint density at radius 2 is 1.90 bits per heavy atom. The zero-order valence-electron chi connectivity index (χ0n) is 16.2. The van der Waals surface area contributed by atoms with Gasteiger partial charge < -0.3 is 20.1 Å². The molecular formula is C22H28F2O5. The van der Waals surface area contributed by atoms with Gasteiger partial charge in [0.1, 0.15) is 5.75 Å². The van der Waals surface area contributed by atoms with Crippen LogP contribution < -0.4 is 4.74 Å². The van der Waals surface area contributed by atoms with Crippen molar-refractivity contribution in [2.75, 3.05) is 6.61 Å². The van der Waals surface area contributed by atoms with Crippen LogP contribution in [0.3, 0.4) is 0 Å². The number of para-hydroxylation sites is 1. The summed E-state index contributed by atoms with van der Waals surface area (Å²) >= 11 is 0. The Balaban J connectivity index is 1.89. The molecule has 0 amide bonds. The quantitative estimate of drug-likeness (QED) is 0.381. The lowest BCUT2D eigenvalue weighted by Gasteiger charge is -2.20. The van der Waals surface area contributed by atoms with E-state index in [1.54, 1.807) is 30.3 Å². The average Bonchev–Trinajstić information content (AvgIpc) is 2.94. The van der Waals surface area contributed by atoms with Crippen molar-refractivity contribution in [3.8, 4) is 5.75 Å². The highest BCUT2D eigenvalue weighted by molar-refractivity contribution is 5.66. The van der Waals surface area contributed by atoms with Crippen molar-refractivity contribution < 1.29 is 33.6 Å². The number of benzene rings is 1. The molecule has 0 aromatic heterocycles. The number of aliphatic hydroxyl groups excluding tert-OH is 2. The number of allylic oxidation sites excluding steroid dienone is 2. The highest BCUT2D eigenvalue weighted by Gasteiger charge is 2.40. The van der Waals surface area contributed by atoms with Crippen molar-refractivity contribution in [2.45, 2.75) is 50.2 Å². The summed E-state index contributed by atoms with van der Waals surface area (Å²) in [5, 5.41) is 28.9. The molecule has 1 fully saturated rings. The van der Waals surface area contributed by atoms with Gasteiger partial charge in [-0.25, -0.2) is 0 Å². The van der Waals surface area contributed by atoms with Gasteiger partial charge in [-0.1, -0.05) is 36.4 Å². The number of rotatable bonds is 11. The fourth-order valence-corrected chi connectivity index (χ4v) is 3.45. The lowest BCUT2D eigenvalue weighted by Crippen LogP contribution is -2.25. The fourth-order valence-electron chi connectivity index (χ4n) is 3.45. The summed E-state index contributed by atoms with van der Waals surface area (Å²) in [4.78, 5) is 10.5. The van der Waals surface area contributed by atoms with E-state index in [1.807, 2.05) is 12.2 Å². The molecule has 0 spiro atoms. The molecule has 0 heterocycles. The number of hydrogen-bond acceptors (Lipinski definition) is 4. The Morgan fingerprint density at radius 3 is 2.59 bits per heavy atom. The number of aliphatic hydroxyl groups is 2. The molecule has 0 radical (unpaired) electrons. The Bertz CT molecular complexity index is 690. The van der Waals surface area contributed by atoms with Gasteiger partial charge >= 0.3 is 5.97 Å². The molecule has 1 saturated carbocycles. The summed E-state index contributed by atoms with van der Waals surface area (Å²) < 4.78 is 33.4. The number of hydrogen-bond donors (Lipinski definition) is 3. The molecule has 5 nitrogen and oxygen atoms in total. The van der Waals surface area contributed by atoms with E-state index in [9.17, 15) is 23.8 Å². The normalized spacial score (nSPS) is 25.1. The molecule has 29 heavy (non-hydrogen) atoms. The third kappa shape index (κ3) is 7.95. The van der Waals surface area contributed by atoms with Gasteiger partial charge in [0.2, 0.25) is 0 Å². The van der Waals surface area contributed by atoms with Gasteiger partial charge in [0.15, 0.2) is 6.61 Å². The summed E-state index contributed by atoms with van der Waals surface area (Å²) in [5.74, 6) is -4.67. The van der Waals surface area contributed by atoms with Crippen LogP contribution in [0.15, 0.2) is 54.6 Å². The van der Waals surface area contributed by atoms with Gasteiger partial charge in [-0.2, -0.15) is 8.78 Å². The second-order valence-corrected chi connectivity index (χ2v) is 7.33. The van der Waals surface area contributed by atoms with Crippen molar-refractivity contribution in [2.24, 2.45) is 11.8 Å². The Morgan fingerprint density at radius 1 is 1.17 bits per heavy atom. The third-order valence-corrected chi connectivity index (χ3v) is 4.99. The van der Waals surface area contributed by atoms with Gasteiger partial charge in [0, 0.05) is 18.8 Å². The first kappa shape index (κ1) is 23.0. The van der Waals surface area contributed by atoms with Crippen LogP contribution in [0.5, 0.6) is 5.75 Å². The van der Waals surface area contributed by atoms with E-state index in [0.717, 1.165) is 6.08 Å². The molecule has 1 aromatic carbocycles. The number of alkyl halides is 2. The molecule has 3 N–H and O–H groups in total. The maximum Gasteiger partial charge on any atom is 0.303 e. The maximum atomic E-state index is 14.2. The summed E-state index contributed by atoms with van der Waals surface area (Å²) in [5.41, 5.74) is 0.